The highest BCUT2D eigenvalue weighted by Crippen LogP contribution is 2.21. The third-order valence-corrected chi connectivity index (χ3v) is 4.73. The van der Waals surface area contributed by atoms with Crippen LogP contribution in [0.15, 0.2) is 58.2 Å². The van der Waals surface area contributed by atoms with Crippen LogP contribution in [0.2, 0.25) is 0 Å². The lowest BCUT2D eigenvalue weighted by atomic mass is 10.2. The average molecular weight is 427 g/mol. The van der Waals surface area contributed by atoms with E-state index in [9.17, 15) is 9.59 Å². The monoisotopic (exact) mass is 427 g/mol. The number of ether oxygens (including phenoxy) is 2. The summed E-state index contributed by atoms with van der Waals surface area (Å²) in [5, 5.41) is 10.8. The lowest BCUT2D eigenvalue weighted by Crippen LogP contribution is -2.17. The highest BCUT2D eigenvalue weighted by Gasteiger charge is 2.15. The number of nitrogens with one attached hydrogen (secondary N) is 1. The fourth-order valence-corrected chi connectivity index (χ4v) is 3.09. The number of carbonyl (C=O) groups excluding carboxylic acids is 2. The molecule has 0 unspecified atom stereocenters. The molecule has 0 aliphatic rings. The minimum atomic E-state index is -0.490. The summed E-state index contributed by atoms with van der Waals surface area (Å²) in [6, 6.07) is 14.3. The number of carbonyl (C=O) groups is 2. The Morgan fingerprint density at radius 1 is 1.10 bits per heavy atom. The number of aryl methyl sites for hydroxylation is 1. The number of rotatable bonds is 9. The van der Waals surface area contributed by atoms with Crippen LogP contribution in [-0.2, 0) is 16.1 Å². The van der Waals surface area contributed by atoms with Gasteiger partial charge in [-0.1, -0.05) is 42.1 Å². The molecular formula is C21H21N3O5S. The maximum Gasteiger partial charge on any atom is 0.340 e. The first kappa shape index (κ1) is 21.4. The van der Waals surface area contributed by atoms with Crippen molar-refractivity contribution in [3.63, 3.8) is 0 Å². The Balaban J connectivity index is 1.51. The van der Waals surface area contributed by atoms with Gasteiger partial charge < -0.3 is 19.2 Å². The Bertz CT molecular complexity index is 1020. The molecule has 1 amide bonds. The minimum absolute atomic E-state index is 0.0391. The number of aromatic nitrogens is 2. The second-order valence-corrected chi connectivity index (χ2v) is 7.05. The molecule has 30 heavy (non-hydrogen) atoms. The van der Waals surface area contributed by atoms with Crippen LogP contribution in [0.4, 0.5) is 5.69 Å². The average Bonchev–Trinajstić information content (AvgIpc) is 3.20. The van der Waals surface area contributed by atoms with Crippen LogP contribution in [0.25, 0.3) is 0 Å². The van der Waals surface area contributed by atoms with Crippen molar-refractivity contribution in [1.82, 2.24) is 10.2 Å². The molecule has 0 saturated carbocycles. The first-order valence-corrected chi connectivity index (χ1v) is 10.2. The van der Waals surface area contributed by atoms with Crippen LogP contribution < -0.4 is 10.1 Å². The molecule has 156 valence electrons. The first-order valence-electron chi connectivity index (χ1n) is 9.26. The van der Waals surface area contributed by atoms with Gasteiger partial charge in [0, 0.05) is 0 Å². The smallest absolute Gasteiger partial charge is 0.340 e. The predicted octanol–water partition coefficient (Wildman–Crippen LogP) is 3.86. The van der Waals surface area contributed by atoms with Gasteiger partial charge in [0.15, 0.2) is 6.61 Å². The molecule has 1 aromatic heterocycles. The zero-order valence-electron chi connectivity index (χ0n) is 16.6. The zero-order chi connectivity index (χ0) is 21.3. The summed E-state index contributed by atoms with van der Waals surface area (Å²) in [7, 11) is 0. The Hall–Kier alpha value is -3.33. The van der Waals surface area contributed by atoms with Gasteiger partial charge in [0.25, 0.3) is 11.1 Å². The molecule has 8 nitrogen and oxygen atoms in total. The highest BCUT2D eigenvalue weighted by atomic mass is 32.2. The Morgan fingerprint density at radius 2 is 1.87 bits per heavy atom. The lowest BCUT2D eigenvalue weighted by Gasteiger charge is -2.09. The maximum atomic E-state index is 12.3. The number of hydrogen-bond donors (Lipinski definition) is 1. The molecule has 0 aliphatic carbocycles. The van der Waals surface area contributed by atoms with Crippen molar-refractivity contribution in [2.75, 3.05) is 17.7 Å². The molecule has 1 heterocycles. The van der Waals surface area contributed by atoms with Crippen LogP contribution in [-0.4, -0.2) is 34.4 Å². The quantitative estimate of drug-likeness (QED) is 0.405. The molecular weight excluding hydrogens is 406 g/mol. The number of thioether (sulfide) groups is 1. The summed E-state index contributed by atoms with van der Waals surface area (Å²) in [5.41, 5.74) is 1.69. The summed E-state index contributed by atoms with van der Waals surface area (Å²) in [4.78, 5) is 24.3. The molecule has 0 aliphatic heterocycles. The van der Waals surface area contributed by atoms with Gasteiger partial charge in [0.1, 0.15) is 5.75 Å². The van der Waals surface area contributed by atoms with Crippen molar-refractivity contribution < 1.29 is 23.5 Å². The topological polar surface area (TPSA) is 104 Å². The van der Waals surface area contributed by atoms with Gasteiger partial charge in [-0.2, -0.15) is 0 Å². The van der Waals surface area contributed by atoms with Gasteiger partial charge in [-0.05, 0) is 37.6 Å². The third kappa shape index (κ3) is 5.84. The number of anilines is 1. The molecule has 9 heteroatoms. The van der Waals surface area contributed by atoms with Crippen molar-refractivity contribution in [1.29, 1.82) is 0 Å². The normalized spacial score (nSPS) is 10.5. The van der Waals surface area contributed by atoms with E-state index in [1.807, 2.05) is 31.2 Å². The summed E-state index contributed by atoms with van der Waals surface area (Å²) < 4.78 is 16.2. The molecule has 0 saturated heterocycles. The van der Waals surface area contributed by atoms with Crippen molar-refractivity contribution in [2.24, 2.45) is 0 Å². The van der Waals surface area contributed by atoms with Gasteiger partial charge in [-0.25, -0.2) is 4.79 Å². The molecule has 0 fully saturated rings. The minimum Gasteiger partial charge on any atom is -0.484 e. The van der Waals surface area contributed by atoms with E-state index in [2.05, 4.69) is 15.5 Å². The number of esters is 1. The van der Waals surface area contributed by atoms with E-state index < -0.39 is 5.97 Å². The Morgan fingerprint density at radius 3 is 2.67 bits per heavy atom. The van der Waals surface area contributed by atoms with Gasteiger partial charge in [0.2, 0.25) is 5.91 Å². The second-order valence-electron chi connectivity index (χ2n) is 6.12. The van der Waals surface area contributed by atoms with Crippen molar-refractivity contribution in [2.45, 2.75) is 25.7 Å². The van der Waals surface area contributed by atoms with Crippen LogP contribution in [0.1, 0.15) is 28.7 Å². The Labute approximate surface area is 178 Å². The number of nitrogens with zero attached hydrogens (tertiary/aromatic N) is 2. The zero-order valence-corrected chi connectivity index (χ0v) is 17.4. The number of benzene rings is 2. The summed E-state index contributed by atoms with van der Waals surface area (Å²) >= 11 is 1.09. The molecule has 0 spiro atoms. The standard InChI is InChI=1S/C21H21N3O5S/c1-3-27-20(26)15-9-5-6-10-16(15)22-18(25)13-30-21-24-23-19(29-21)12-28-17-11-7-4-8-14(17)2/h4-11H,3,12-13H2,1-2H3,(H,22,25). The SMILES string of the molecule is CCOC(=O)c1ccccc1NC(=O)CSc1nnc(COc2ccccc2C)o1. The summed E-state index contributed by atoms with van der Waals surface area (Å²) in [6.07, 6.45) is 0. The third-order valence-electron chi connectivity index (χ3n) is 3.92. The van der Waals surface area contributed by atoms with Crippen molar-refractivity contribution in [3.8, 4) is 5.75 Å². The number of amides is 1. The van der Waals surface area contributed by atoms with Crippen LogP contribution in [0.5, 0.6) is 5.75 Å². The number of para-hydroxylation sites is 2. The van der Waals surface area contributed by atoms with Crippen LogP contribution >= 0.6 is 11.8 Å². The van der Waals surface area contributed by atoms with Gasteiger partial charge in [-0.15, -0.1) is 10.2 Å². The molecule has 0 bridgehead atoms. The Kier molecular flexibility index (Phi) is 7.45. The number of hydrogen-bond acceptors (Lipinski definition) is 8. The van der Waals surface area contributed by atoms with Gasteiger partial charge in [0.05, 0.1) is 23.6 Å². The first-order chi connectivity index (χ1) is 14.6. The molecule has 3 aromatic rings. The van der Waals surface area contributed by atoms with E-state index >= 15 is 0 Å². The van der Waals surface area contributed by atoms with Crippen LogP contribution in [0.3, 0.4) is 0 Å². The summed E-state index contributed by atoms with van der Waals surface area (Å²) in [6.45, 7) is 4.06. The molecule has 1 N–H and O–H groups in total. The van der Waals surface area contributed by atoms with Crippen LogP contribution in [0, 0.1) is 6.92 Å². The molecule has 3 rings (SSSR count). The predicted molar refractivity (Wildman–Crippen MR) is 112 cm³/mol. The van der Waals surface area contributed by atoms with Crippen molar-refractivity contribution >= 4 is 29.3 Å². The molecule has 0 atom stereocenters. The van der Waals surface area contributed by atoms with Gasteiger partial charge in [-0.3, -0.25) is 4.79 Å². The van der Waals surface area contributed by atoms with E-state index in [-0.39, 0.29) is 30.1 Å². The molecule has 0 radical (unpaired) electrons. The van der Waals surface area contributed by atoms with Gasteiger partial charge >= 0.3 is 5.97 Å². The van der Waals surface area contributed by atoms with E-state index in [0.29, 0.717) is 17.1 Å². The fourth-order valence-electron chi connectivity index (χ4n) is 2.51. The van der Waals surface area contributed by atoms with Crippen molar-refractivity contribution in [3.05, 3.63) is 65.5 Å². The lowest BCUT2D eigenvalue weighted by molar-refractivity contribution is -0.113. The maximum absolute atomic E-state index is 12.3. The van der Waals surface area contributed by atoms with E-state index in [4.69, 9.17) is 13.9 Å². The van der Waals surface area contributed by atoms with E-state index in [1.165, 1.54) is 0 Å². The summed E-state index contributed by atoms with van der Waals surface area (Å²) in [5.74, 6) is 0.291. The molecule has 2 aromatic carbocycles. The van der Waals surface area contributed by atoms with E-state index in [0.717, 1.165) is 23.1 Å². The van der Waals surface area contributed by atoms with E-state index in [1.54, 1.807) is 31.2 Å². The fraction of sp³-hybridized carbons (Fsp3) is 0.238. The second kappa shape index (κ2) is 10.4. The highest BCUT2D eigenvalue weighted by molar-refractivity contribution is 7.99. The largest absolute Gasteiger partial charge is 0.484 e.